The molecule has 5 heteroatoms. The van der Waals surface area contributed by atoms with Crippen LogP contribution in [0.4, 0.5) is 5.82 Å². The summed E-state index contributed by atoms with van der Waals surface area (Å²) in [6.07, 6.45) is 1.99. The molecule has 0 radical (unpaired) electrons. The first-order chi connectivity index (χ1) is 7.83. The van der Waals surface area contributed by atoms with Gasteiger partial charge in [0.05, 0.1) is 15.9 Å². The van der Waals surface area contributed by atoms with Crippen LogP contribution in [0, 0.1) is 0 Å². The summed E-state index contributed by atoms with van der Waals surface area (Å²) >= 11 is 5.28. The third-order valence-corrected chi connectivity index (χ3v) is 4.25. The van der Waals surface area contributed by atoms with E-state index >= 15 is 0 Å². The Balaban J connectivity index is 2.86. The van der Waals surface area contributed by atoms with E-state index < -0.39 is 0 Å². The normalized spacial score (nSPS) is 11.8. The van der Waals surface area contributed by atoms with Crippen molar-refractivity contribution < 1.29 is 0 Å². The fourth-order valence-electron chi connectivity index (χ4n) is 1.31. The molecule has 0 atom stereocenters. The molecule has 17 heavy (non-hydrogen) atoms. The molecule has 0 unspecified atom stereocenters. The number of halogens is 1. The van der Waals surface area contributed by atoms with Crippen molar-refractivity contribution in [3.05, 3.63) is 16.0 Å². The molecule has 2 N–H and O–H groups in total. The summed E-state index contributed by atoms with van der Waals surface area (Å²) in [6.45, 7) is 8.70. The lowest BCUT2D eigenvalue weighted by Crippen LogP contribution is -2.10. The number of aromatic nitrogens is 2. The number of nitrogen functional groups attached to an aromatic ring is 1. The molecule has 0 aromatic carbocycles. The Morgan fingerprint density at radius 1 is 1.29 bits per heavy atom. The maximum Gasteiger partial charge on any atom is 0.141 e. The molecule has 96 valence electrons. The monoisotopic (exact) mass is 317 g/mol. The van der Waals surface area contributed by atoms with Crippen molar-refractivity contribution in [3.63, 3.8) is 0 Å². The first-order valence-corrected chi connectivity index (χ1v) is 7.56. The molecule has 3 nitrogen and oxygen atoms in total. The quantitative estimate of drug-likeness (QED) is 0.917. The third-order valence-electron chi connectivity index (χ3n) is 2.11. The molecule has 0 aliphatic heterocycles. The van der Waals surface area contributed by atoms with E-state index in [-0.39, 0.29) is 4.75 Å². The van der Waals surface area contributed by atoms with Crippen molar-refractivity contribution in [2.75, 3.05) is 5.73 Å². The van der Waals surface area contributed by atoms with Gasteiger partial charge in [0.25, 0.3) is 0 Å². The summed E-state index contributed by atoms with van der Waals surface area (Å²) in [5, 5.41) is 0. The number of aryl methyl sites for hydroxylation is 1. The van der Waals surface area contributed by atoms with Gasteiger partial charge in [-0.1, -0.05) is 34.1 Å². The maximum atomic E-state index is 5.88. The largest absolute Gasteiger partial charge is 0.383 e. The van der Waals surface area contributed by atoms with E-state index in [9.17, 15) is 0 Å². The summed E-state index contributed by atoms with van der Waals surface area (Å²) in [5.74, 6) is 2.18. The molecule has 0 saturated heterocycles. The molecular formula is C12H20BrN3S. The molecule has 0 aliphatic rings. The van der Waals surface area contributed by atoms with Crippen molar-refractivity contribution in [1.82, 2.24) is 9.97 Å². The number of hydrogen-bond acceptors (Lipinski definition) is 4. The Labute approximate surface area is 116 Å². The summed E-state index contributed by atoms with van der Waals surface area (Å²) in [5.41, 5.74) is 6.90. The Morgan fingerprint density at radius 3 is 2.47 bits per heavy atom. The highest BCUT2D eigenvalue weighted by Gasteiger charge is 2.14. The Bertz CT molecular complexity index is 388. The number of rotatable bonds is 4. The van der Waals surface area contributed by atoms with E-state index in [1.54, 1.807) is 0 Å². The number of hydrogen-bond donors (Lipinski definition) is 1. The van der Waals surface area contributed by atoms with E-state index in [1.165, 1.54) is 0 Å². The van der Waals surface area contributed by atoms with Gasteiger partial charge in [0, 0.05) is 4.75 Å². The molecule has 0 amide bonds. The van der Waals surface area contributed by atoms with Crippen LogP contribution in [0.5, 0.6) is 0 Å². The van der Waals surface area contributed by atoms with Gasteiger partial charge in [-0.05, 0) is 22.4 Å². The molecule has 0 bridgehead atoms. The molecule has 0 aliphatic carbocycles. The first kappa shape index (κ1) is 14.8. The highest BCUT2D eigenvalue weighted by molar-refractivity contribution is 9.10. The second-order valence-electron chi connectivity index (χ2n) is 4.94. The first-order valence-electron chi connectivity index (χ1n) is 5.78. The zero-order chi connectivity index (χ0) is 13.1. The zero-order valence-corrected chi connectivity index (χ0v) is 13.3. The topological polar surface area (TPSA) is 51.8 Å². The van der Waals surface area contributed by atoms with E-state index in [4.69, 9.17) is 5.73 Å². The standard InChI is InChI=1S/C12H20BrN3S/c1-5-6-8-10(13)11(14)16-9(15-8)7-17-12(2,3)4/h5-7H2,1-4H3,(H2,14,15,16). The zero-order valence-electron chi connectivity index (χ0n) is 10.9. The fourth-order valence-corrected chi connectivity index (χ4v) is 2.38. The average molecular weight is 318 g/mol. The smallest absolute Gasteiger partial charge is 0.141 e. The minimum Gasteiger partial charge on any atom is -0.383 e. The Kier molecular flexibility index (Phi) is 5.25. The lowest BCUT2D eigenvalue weighted by atomic mass is 10.2. The molecule has 0 spiro atoms. The predicted molar refractivity (Wildman–Crippen MR) is 79.2 cm³/mol. The minimum absolute atomic E-state index is 0.218. The van der Waals surface area contributed by atoms with Crippen LogP contribution in [0.3, 0.4) is 0 Å². The van der Waals surface area contributed by atoms with Gasteiger partial charge in [-0.2, -0.15) is 0 Å². The Hall–Kier alpha value is -0.290. The molecule has 0 saturated carbocycles. The summed E-state index contributed by atoms with van der Waals surface area (Å²) in [4.78, 5) is 8.88. The number of thioether (sulfide) groups is 1. The van der Waals surface area contributed by atoms with Crippen LogP contribution in [-0.2, 0) is 12.2 Å². The maximum absolute atomic E-state index is 5.88. The average Bonchev–Trinajstić information content (AvgIpc) is 2.21. The van der Waals surface area contributed by atoms with Crippen molar-refractivity contribution in [1.29, 1.82) is 0 Å². The summed E-state index contributed by atoms with van der Waals surface area (Å²) in [6, 6.07) is 0. The van der Waals surface area contributed by atoms with E-state index in [1.807, 2.05) is 11.8 Å². The number of nitrogens with two attached hydrogens (primary N) is 1. The van der Waals surface area contributed by atoms with Gasteiger partial charge in [-0.3, -0.25) is 0 Å². The van der Waals surface area contributed by atoms with Gasteiger partial charge in [0.2, 0.25) is 0 Å². The molecule has 0 fully saturated rings. The minimum atomic E-state index is 0.218. The van der Waals surface area contributed by atoms with Crippen molar-refractivity contribution >= 4 is 33.5 Å². The van der Waals surface area contributed by atoms with E-state index in [2.05, 4.69) is 53.6 Å². The predicted octanol–water partition coefficient (Wildman–Crippen LogP) is 3.81. The SMILES string of the molecule is CCCc1nc(CSC(C)(C)C)nc(N)c1Br. The lowest BCUT2D eigenvalue weighted by molar-refractivity contribution is 0.797. The van der Waals surface area contributed by atoms with Gasteiger partial charge >= 0.3 is 0 Å². The molecule has 1 aromatic rings. The van der Waals surface area contributed by atoms with Crippen LogP contribution in [0.15, 0.2) is 4.47 Å². The molecular weight excluding hydrogens is 298 g/mol. The van der Waals surface area contributed by atoms with E-state index in [0.717, 1.165) is 34.6 Å². The van der Waals surface area contributed by atoms with Crippen LogP contribution >= 0.6 is 27.7 Å². The van der Waals surface area contributed by atoms with Gasteiger partial charge in [0.1, 0.15) is 11.6 Å². The van der Waals surface area contributed by atoms with Gasteiger partial charge in [0.15, 0.2) is 0 Å². The molecule has 1 aromatic heterocycles. The summed E-state index contributed by atoms with van der Waals surface area (Å²) < 4.78 is 1.07. The molecule has 1 rings (SSSR count). The third kappa shape index (κ3) is 4.84. The van der Waals surface area contributed by atoms with Gasteiger partial charge < -0.3 is 5.73 Å². The summed E-state index contributed by atoms with van der Waals surface area (Å²) in [7, 11) is 0. The van der Waals surface area contributed by atoms with Crippen LogP contribution in [0.2, 0.25) is 0 Å². The number of anilines is 1. The van der Waals surface area contributed by atoms with Crippen LogP contribution in [-0.4, -0.2) is 14.7 Å². The van der Waals surface area contributed by atoms with Crippen LogP contribution in [0.25, 0.3) is 0 Å². The van der Waals surface area contributed by atoms with Crippen LogP contribution in [0.1, 0.15) is 45.6 Å². The fraction of sp³-hybridized carbons (Fsp3) is 0.667. The highest BCUT2D eigenvalue weighted by Crippen LogP contribution is 2.28. The van der Waals surface area contributed by atoms with Crippen molar-refractivity contribution in [2.45, 2.75) is 51.0 Å². The van der Waals surface area contributed by atoms with Crippen LogP contribution < -0.4 is 5.73 Å². The van der Waals surface area contributed by atoms with E-state index in [0.29, 0.717) is 5.82 Å². The second-order valence-corrected chi connectivity index (χ2v) is 7.53. The van der Waals surface area contributed by atoms with Crippen molar-refractivity contribution in [3.8, 4) is 0 Å². The van der Waals surface area contributed by atoms with Gasteiger partial charge in [-0.25, -0.2) is 9.97 Å². The lowest BCUT2D eigenvalue weighted by Gasteiger charge is -2.17. The Morgan fingerprint density at radius 2 is 1.94 bits per heavy atom. The second kappa shape index (κ2) is 6.05. The number of nitrogens with zero attached hydrogens (tertiary/aromatic N) is 2. The highest BCUT2D eigenvalue weighted by atomic mass is 79.9. The van der Waals surface area contributed by atoms with Gasteiger partial charge in [-0.15, -0.1) is 11.8 Å². The molecule has 1 heterocycles. The van der Waals surface area contributed by atoms with Crippen molar-refractivity contribution in [2.24, 2.45) is 0 Å².